The molecule has 1 amide bonds. The normalized spacial score (nSPS) is 20.0. The number of anilines is 1. The Balaban J connectivity index is 2.39. The van der Waals surface area contributed by atoms with Gasteiger partial charge in [-0.2, -0.15) is 0 Å². The number of piperidine rings is 1. The minimum absolute atomic E-state index is 0.0338. The van der Waals surface area contributed by atoms with Crippen LogP contribution in [-0.2, 0) is 4.79 Å². The fourth-order valence-corrected chi connectivity index (χ4v) is 3.19. The molecule has 0 radical (unpaired) electrons. The predicted molar refractivity (Wildman–Crippen MR) is 95.6 cm³/mol. The van der Waals surface area contributed by atoms with Gasteiger partial charge in [0.2, 0.25) is 5.91 Å². The standard InChI is InChI=1S/C19H25F2N3O/c1-4-5-10-24-11-13(6-9-16(24)12(2)19(25)23-3)17-14(20)7-8-15(22)18(17)21/h5,7-8,10,13H,4,6,9,11,22H2,1-3H3,(H,23,25)/b10-5+,16-12+. The van der Waals surface area contributed by atoms with Crippen LogP contribution in [0.4, 0.5) is 14.5 Å². The maximum Gasteiger partial charge on any atom is 0.248 e. The first-order chi connectivity index (χ1) is 11.9. The van der Waals surface area contributed by atoms with Gasteiger partial charge in [0.15, 0.2) is 5.82 Å². The molecule has 3 N–H and O–H groups in total. The van der Waals surface area contributed by atoms with Crippen LogP contribution in [0.2, 0.25) is 0 Å². The molecule has 1 saturated heterocycles. The van der Waals surface area contributed by atoms with Crippen LogP contribution in [0.25, 0.3) is 0 Å². The van der Waals surface area contributed by atoms with Crippen molar-refractivity contribution in [3.63, 3.8) is 0 Å². The number of amides is 1. The highest BCUT2D eigenvalue weighted by Gasteiger charge is 2.30. The van der Waals surface area contributed by atoms with E-state index in [1.165, 1.54) is 12.1 Å². The van der Waals surface area contributed by atoms with Crippen molar-refractivity contribution in [2.75, 3.05) is 19.3 Å². The van der Waals surface area contributed by atoms with E-state index in [1.807, 2.05) is 24.1 Å². The molecule has 6 heteroatoms. The molecule has 1 aliphatic rings. The number of allylic oxidation sites excluding steroid dienone is 2. The maximum absolute atomic E-state index is 14.4. The lowest BCUT2D eigenvalue weighted by Gasteiger charge is -2.36. The Hall–Kier alpha value is -2.37. The van der Waals surface area contributed by atoms with E-state index in [0.717, 1.165) is 12.1 Å². The van der Waals surface area contributed by atoms with Crippen molar-refractivity contribution in [2.45, 2.75) is 39.0 Å². The van der Waals surface area contributed by atoms with Crippen molar-refractivity contribution in [1.29, 1.82) is 0 Å². The van der Waals surface area contributed by atoms with Gasteiger partial charge in [-0.1, -0.05) is 13.0 Å². The number of carbonyl (C=O) groups excluding carboxylic acids is 1. The summed E-state index contributed by atoms with van der Waals surface area (Å²) in [6.45, 7) is 4.17. The van der Waals surface area contributed by atoms with E-state index >= 15 is 0 Å². The van der Waals surface area contributed by atoms with Crippen LogP contribution in [0.1, 0.15) is 44.6 Å². The first-order valence-electron chi connectivity index (χ1n) is 8.49. The zero-order valence-electron chi connectivity index (χ0n) is 14.9. The van der Waals surface area contributed by atoms with E-state index in [1.54, 1.807) is 14.0 Å². The van der Waals surface area contributed by atoms with Crippen LogP contribution >= 0.6 is 0 Å². The second kappa shape index (κ2) is 8.14. The van der Waals surface area contributed by atoms with Gasteiger partial charge in [0.25, 0.3) is 0 Å². The van der Waals surface area contributed by atoms with E-state index in [-0.39, 0.29) is 23.1 Å². The van der Waals surface area contributed by atoms with Gasteiger partial charge in [0.05, 0.1) is 5.69 Å². The van der Waals surface area contributed by atoms with Gasteiger partial charge in [0.1, 0.15) is 5.82 Å². The molecule has 1 aromatic carbocycles. The van der Waals surface area contributed by atoms with Crippen molar-refractivity contribution < 1.29 is 13.6 Å². The lowest BCUT2D eigenvalue weighted by molar-refractivity contribution is -0.117. The first-order valence-corrected chi connectivity index (χ1v) is 8.49. The van der Waals surface area contributed by atoms with Crippen molar-refractivity contribution in [3.8, 4) is 0 Å². The SMILES string of the molecule is CC/C=C/N1CC(c2c(F)ccc(N)c2F)CC/C1=C(/C)C(=O)NC. The minimum atomic E-state index is -0.681. The highest BCUT2D eigenvalue weighted by atomic mass is 19.1. The fraction of sp³-hybridized carbons (Fsp3) is 0.421. The Morgan fingerprint density at radius 1 is 1.44 bits per heavy atom. The van der Waals surface area contributed by atoms with Gasteiger partial charge < -0.3 is 16.0 Å². The third kappa shape index (κ3) is 4.00. The zero-order chi connectivity index (χ0) is 18.6. The van der Waals surface area contributed by atoms with Crippen LogP contribution in [0, 0.1) is 11.6 Å². The van der Waals surface area contributed by atoms with Crippen LogP contribution < -0.4 is 11.1 Å². The first kappa shape index (κ1) is 19.0. The number of likely N-dealkylation sites (N-methyl/N-ethyl adjacent to an activating group) is 1. The highest BCUT2D eigenvalue weighted by molar-refractivity contribution is 5.93. The van der Waals surface area contributed by atoms with Gasteiger partial charge >= 0.3 is 0 Å². The second-order valence-corrected chi connectivity index (χ2v) is 6.20. The van der Waals surface area contributed by atoms with Gasteiger partial charge in [-0.05, 0) is 44.5 Å². The van der Waals surface area contributed by atoms with E-state index in [4.69, 9.17) is 5.73 Å². The quantitative estimate of drug-likeness (QED) is 0.644. The Labute approximate surface area is 147 Å². The summed E-state index contributed by atoms with van der Waals surface area (Å²) in [5, 5.41) is 2.62. The molecule has 1 atom stereocenters. The molecular formula is C19H25F2N3O. The number of hydrogen-bond acceptors (Lipinski definition) is 3. The molecule has 0 aromatic heterocycles. The van der Waals surface area contributed by atoms with Gasteiger partial charge in [-0.25, -0.2) is 8.78 Å². The van der Waals surface area contributed by atoms with Crippen LogP contribution in [0.15, 0.2) is 35.7 Å². The van der Waals surface area contributed by atoms with Crippen molar-refractivity contribution in [1.82, 2.24) is 10.2 Å². The largest absolute Gasteiger partial charge is 0.396 e. The predicted octanol–water partition coefficient (Wildman–Crippen LogP) is 3.67. The summed E-state index contributed by atoms with van der Waals surface area (Å²) in [5.74, 6) is -1.73. The fourth-order valence-electron chi connectivity index (χ4n) is 3.19. The summed E-state index contributed by atoms with van der Waals surface area (Å²) in [6, 6.07) is 2.45. The molecule has 4 nitrogen and oxygen atoms in total. The lowest BCUT2D eigenvalue weighted by Crippen LogP contribution is -2.33. The maximum atomic E-state index is 14.4. The molecule has 0 saturated carbocycles. The van der Waals surface area contributed by atoms with E-state index in [2.05, 4.69) is 5.32 Å². The second-order valence-electron chi connectivity index (χ2n) is 6.20. The van der Waals surface area contributed by atoms with Crippen LogP contribution in [-0.4, -0.2) is 24.4 Å². The van der Waals surface area contributed by atoms with Crippen molar-refractivity contribution in [2.24, 2.45) is 0 Å². The molecule has 25 heavy (non-hydrogen) atoms. The van der Waals surface area contributed by atoms with Gasteiger partial charge in [-0.15, -0.1) is 0 Å². The smallest absolute Gasteiger partial charge is 0.248 e. The molecule has 0 aliphatic carbocycles. The van der Waals surface area contributed by atoms with Gasteiger partial charge in [-0.3, -0.25) is 4.79 Å². The number of hydrogen-bond donors (Lipinski definition) is 2. The number of likely N-dealkylation sites (tertiary alicyclic amines) is 1. The van der Waals surface area contributed by atoms with E-state index < -0.39 is 11.6 Å². The molecule has 0 bridgehead atoms. The Morgan fingerprint density at radius 3 is 2.80 bits per heavy atom. The summed E-state index contributed by atoms with van der Waals surface area (Å²) in [4.78, 5) is 13.9. The average molecular weight is 349 g/mol. The number of nitrogen functional groups attached to an aromatic ring is 1. The molecule has 1 fully saturated rings. The molecule has 1 heterocycles. The molecule has 136 valence electrons. The summed E-state index contributed by atoms with van der Waals surface area (Å²) in [7, 11) is 1.59. The third-order valence-corrected chi connectivity index (χ3v) is 4.58. The Kier molecular flexibility index (Phi) is 6.17. The van der Waals surface area contributed by atoms with E-state index in [0.29, 0.717) is 25.0 Å². The van der Waals surface area contributed by atoms with Crippen molar-refractivity contribution >= 4 is 11.6 Å². The number of nitrogens with one attached hydrogen (secondary N) is 1. The highest BCUT2D eigenvalue weighted by Crippen LogP contribution is 2.37. The number of carbonyl (C=O) groups is 1. The van der Waals surface area contributed by atoms with Crippen LogP contribution in [0.3, 0.4) is 0 Å². The van der Waals surface area contributed by atoms with E-state index in [9.17, 15) is 13.6 Å². The molecule has 1 unspecified atom stereocenters. The van der Waals surface area contributed by atoms with Gasteiger partial charge in [0, 0.05) is 36.3 Å². The lowest BCUT2D eigenvalue weighted by atomic mass is 9.87. The topological polar surface area (TPSA) is 58.4 Å². The van der Waals surface area contributed by atoms with Crippen LogP contribution in [0.5, 0.6) is 0 Å². The molecule has 2 rings (SSSR count). The molecule has 0 spiro atoms. The molecule has 1 aliphatic heterocycles. The summed E-state index contributed by atoms with van der Waals surface area (Å²) >= 11 is 0. The molecule has 1 aromatic rings. The number of benzene rings is 1. The Bertz CT molecular complexity index is 713. The minimum Gasteiger partial charge on any atom is -0.396 e. The summed E-state index contributed by atoms with van der Waals surface area (Å²) < 4.78 is 28.6. The summed E-state index contributed by atoms with van der Waals surface area (Å²) in [6.07, 6.45) is 5.79. The average Bonchev–Trinajstić information content (AvgIpc) is 2.62. The molecular weight excluding hydrogens is 324 g/mol. The summed E-state index contributed by atoms with van der Waals surface area (Å²) in [5.41, 5.74) is 7.10. The zero-order valence-corrected chi connectivity index (χ0v) is 14.9. The van der Waals surface area contributed by atoms with Crippen molar-refractivity contribution in [3.05, 3.63) is 52.9 Å². The number of nitrogens with two attached hydrogens (primary N) is 1. The monoisotopic (exact) mass is 349 g/mol. The number of nitrogens with zero attached hydrogens (tertiary/aromatic N) is 1. The Morgan fingerprint density at radius 2 is 2.16 bits per heavy atom. The third-order valence-electron chi connectivity index (χ3n) is 4.58. The number of halogens is 2. The number of rotatable bonds is 4.